The highest BCUT2D eigenvalue weighted by atomic mass is 79.9. The number of anilines is 2. The Balaban J connectivity index is 1.82. The minimum absolute atomic E-state index is 0.186. The molecule has 0 radical (unpaired) electrons. The van der Waals surface area contributed by atoms with Crippen molar-refractivity contribution in [3.05, 3.63) is 51.5 Å². The molecule has 0 saturated carbocycles. The van der Waals surface area contributed by atoms with E-state index in [4.69, 9.17) is 16.3 Å². The fourth-order valence-electron chi connectivity index (χ4n) is 3.23. The first-order chi connectivity index (χ1) is 13.0. The van der Waals surface area contributed by atoms with Crippen molar-refractivity contribution < 1.29 is 9.53 Å². The van der Waals surface area contributed by atoms with Crippen LogP contribution in [0.5, 0.6) is 5.75 Å². The van der Waals surface area contributed by atoms with E-state index in [-0.39, 0.29) is 5.91 Å². The number of nitrogens with one attached hydrogen (secondary N) is 1. The summed E-state index contributed by atoms with van der Waals surface area (Å²) in [5, 5.41) is 3.66. The molecule has 0 unspecified atom stereocenters. The van der Waals surface area contributed by atoms with Gasteiger partial charge in [-0.25, -0.2) is 0 Å². The molecule has 1 aliphatic rings. The monoisotopic (exact) mass is 451 g/mol. The Morgan fingerprint density at radius 2 is 1.96 bits per heavy atom. The molecule has 27 heavy (non-hydrogen) atoms. The molecular formula is C20H23BrClN3O2. The maximum atomic E-state index is 12.8. The number of hydrogen-bond donors (Lipinski definition) is 1. The smallest absolute Gasteiger partial charge is 0.255 e. The molecule has 1 N–H and O–H groups in total. The van der Waals surface area contributed by atoms with Crippen LogP contribution in [0.3, 0.4) is 0 Å². The fourth-order valence-corrected chi connectivity index (χ4v) is 4.06. The second kappa shape index (κ2) is 8.95. The van der Waals surface area contributed by atoms with Gasteiger partial charge in [0.15, 0.2) is 0 Å². The summed E-state index contributed by atoms with van der Waals surface area (Å²) >= 11 is 9.92. The van der Waals surface area contributed by atoms with Crippen molar-refractivity contribution >= 4 is 44.8 Å². The van der Waals surface area contributed by atoms with E-state index < -0.39 is 0 Å². The number of hydrogen-bond acceptors (Lipinski definition) is 4. The minimum atomic E-state index is -0.186. The lowest BCUT2D eigenvalue weighted by atomic mass is 10.1. The predicted molar refractivity (Wildman–Crippen MR) is 114 cm³/mol. The molecule has 1 aliphatic heterocycles. The molecule has 5 nitrogen and oxygen atoms in total. The second-order valence-corrected chi connectivity index (χ2v) is 7.62. The zero-order valence-corrected chi connectivity index (χ0v) is 17.8. The number of nitrogens with zero attached hydrogens (tertiary/aromatic N) is 2. The summed E-state index contributed by atoms with van der Waals surface area (Å²) in [5.41, 5.74) is 2.16. The van der Waals surface area contributed by atoms with E-state index in [1.807, 2.05) is 18.2 Å². The van der Waals surface area contributed by atoms with Crippen LogP contribution in [0.1, 0.15) is 17.3 Å². The van der Waals surface area contributed by atoms with Crippen molar-refractivity contribution in [3.8, 4) is 5.75 Å². The van der Waals surface area contributed by atoms with Crippen LogP contribution in [0.25, 0.3) is 0 Å². The van der Waals surface area contributed by atoms with Crippen LogP contribution in [0.4, 0.5) is 11.4 Å². The number of rotatable bonds is 5. The number of methoxy groups -OCH3 is 1. The van der Waals surface area contributed by atoms with Gasteiger partial charge < -0.3 is 19.9 Å². The average molecular weight is 453 g/mol. The van der Waals surface area contributed by atoms with Gasteiger partial charge in [-0.15, -0.1) is 0 Å². The fraction of sp³-hybridized carbons (Fsp3) is 0.350. The number of likely N-dealkylation sites (N-methyl/N-ethyl adjacent to an activating group) is 1. The summed E-state index contributed by atoms with van der Waals surface area (Å²) in [4.78, 5) is 17.4. The van der Waals surface area contributed by atoms with Gasteiger partial charge in [0.25, 0.3) is 5.91 Å². The van der Waals surface area contributed by atoms with Gasteiger partial charge in [0.1, 0.15) is 5.75 Å². The molecule has 0 bridgehead atoms. The number of carbonyl (C=O) groups excluding carboxylic acids is 1. The number of ether oxygens (including phenoxy) is 1. The van der Waals surface area contributed by atoms with Crippen LogP contribution < -0.4 is 15.0 Å². The highest BCUT2D eigenvalue weighted by Gasteiger charge is 2.21. The van der Waals surface area contributed by atoms with Crippen LogP contribution >= 0.6 is 27.5 Å². The van der Waals surface area contributed by atoms with E-state index in [2.05, 4.69) is 38.0 Å². The topological polar surface area (TPSA) is 44.8 Å². The quantitative estimate of drug-likeness (QED) is 0.725. The van der Waals surface area contributed by atoms with Gasteiger partial charge in [0, 0.05) is 31.7 Å². The van der Waals surface area contributed by atoms with E-state index in [9.17, 15) is 4.79 Å². The number of piperazine rings is 1. The normalized spacial score (nSPS) is 14.9. The summed E-state index contributed by atoms with van der Waals surface area (Å²) in [5.74, 6) is 0.498. The van der Waals surface area contributed by atoms with Crippen molar-refractivity contribution in [1.29, 1.82) is 0 Å². The van der Waals surface area contributed by atoms with Gasteiger partial charge in [-0.2, -0.15) is 0 Å². The Morgan fingerprint density at radius 3 is 2.59 bits per heavy atom. The zero-order chi connectivity index (χ0) is 19.4. The summed E-state index contributed by atoms with van der Waals surface area (Å²) < 4.78 is 5.96. The molecule has 0 spiro atoms. The van der Waals surface area contributed by atoms with Crippen molar-refractivity contribution in [2.75, 3.05) is 50.1 Å². The highest BCUT2D eigenvalue weighted by Crippen LogP contribution is 2.35. The lowest BCUT2D eigenvalue weighted by Crippen LogP contribution is -2.46. The number of amides is 1. The Hall–Kier alpha value is -1.76. The third-order valence-electron chi connectivity index (χ3n) is 4.78. The van der Waals surface area contributed by atoms with E-state index in [1.54, 1.807) is 25.3 Å². The number of halogens is 2. The lowest BCUT2D eigenvalue weighted by molar-refractivity contribution is 0.102. The van der Waals surface area contributed by atoms with E-state index in [0.29, 0.717) is 16.3 Å². The number of para-hydroxylation sites is 1. The highest BCUT2D eigenvalue weighted by molar-refractivity contribution is 9.10. The predicted octanol–water partition coefficient (Wildman–Crippen LogP) is 4.51. The number of benzene rings is 2. The minimum Gasteiger partial charge on any atom is -0.496 e. The summed E-state index contributed by atoms with van der Waals surface area (Å²) in [6, 6.07) is 10.9. The SMILES string of the molecule is CCN1CCN(c2c(Cl)cccc2NC(=O)c2ccc(OC)c(Br)c2)CC1. The van der Waals surface area contributed by atoms with Gasteiger partial charge >= 0.3 is 0 Å². The summed E-state index contributed by atoms with van der Waals surface area (Å²) in [7, 11) is 1.59. The first-order valence-electron chi connectivity index (χ1n) is 8.94. The molecule has 2 aromatic rings. The van der Waals surface area contributed by atoms with Crippen LogP contribution in [0.2, 0.25) is 5.02 Å². The summed E-state index contributed by atoms with van der Waals surface area (Å²) in [6.07, 6.45) is 0. The van der Waals surface area contributed by atoms with Crippen LogP contribution in [-0.4, -0.2) is 50.6 Å². The Morgan fingerprint density at radius 1 is 1.22 bits per heavy atom. The maximum Gasteiger partial charge on any atom is 0.255 e. The lowest BCUT2D eigenvalue weighted by Gasteiger charge is -2.36. The third kappa shape index (κ3) is 4.57. The van der Waals surface area contributed by atoms with Gasteiger partial charge in [0.05, 0.1) is 28.0 Å². The molecule has 7 heteroatoms. The van der Waals surface area contributed by atoms with Crippen molar-refractivity contribution in [3.63, 3.8) is 0 Å². The van der Waals surface area contributed by atoms with Gasteiger partial charge in [0.2, 0.25) is 0 Å². The Bertz CT molecular complexity index is 823. The first kappa shape index (κ1) is 20.0. The molecule has 1 saturated heterocycles. The summed E-state index contributed by atoms with van der Waals surface area (Å²) in [6.45, 7) is 6.96. The molecule has 3 rings (SSSR count). The van der Waals surface area contributed by atoms with Crippen molar-refractivity contribution in [2.24, 2.45) is 0 Å². The zero-order valence-electron chi connectivity index (χ0n) is 15.5. The van der Waals surface area contributed by atoms with Gasteiger partial charge in [-0.3, -0.25) is 4.79 Å². The average Bonchev–Trinajstić information content (AvgIpc) is 2.68. The van der Waals surface area contributed by atoms with Crippen LogP contribution in [0.15, 0.2) is 40.9 Å². The molecule has 0 atom stereocenters. The third-order valence-corrected chi connectivity index (χ3v) is 5.71. The van der Waals surface area contributed by atoms with E-state index in [0.717, 1.165) is 48.6 Å². The molecule has 144 valence electrons. The van der Waals surface area contributed by atoms with Crippen LogP contribution in [-0.2, 0) is 0 Å². The molecule has 1 fully saturated rings. The molecule has 0 aliphatic carbocycles. The molecule has 1 heterocycles. The molecule has 2 aromatic carbocycles. The standard InChI is InChI=1S/C20H23BrClN3O2/c1-3-24-9-11-25(12-10-24)19-16(22)5-4-6-17(19)23-20(26)14-7-8-18(27-2)15(21)13-14/h4-8,13H,3,9-12H2,1-2H3,(H,23,26). The van der Waals surface area contributed by atoms with E-state index >= 15 is 0 Å². The maximum absolute atomic E-state index is 12.8. The van der Waals surface area contributed by atoms with Gasteiger partial charge in [-0.05, 0) is 52.8 Å². The largest absolute Gasteiger partial charge is 0.496 e. The van der Waals surface area contributed by atoms with Crippen molar-refractivity contribution in [1.82, 2.24) is 4.90 Å². The second-order valence-electron chi connectivity index (χ2n) is 6.36. The van der Waals surface area contributed by atoms with Crippen LogP contribution in [0, 0.1) is 0 Å². The number of carbonyl (C=O) groups is 1. The van der Waals surface area contributed by atoms with E-state index in [1.165, 1.54) is 0 Å². The molecule has 1 amide bonds. The van der Waals surface area contributed by atoms with Crippen molar-refractivity contribution in [2.45, 2.75) is 6.92 Å². The first-order valence-corrected chi connectivity index (χ1v) is 10.1. The molecule has 0 aromatic heterocycles. The van der Waals surface area contributed by atoms with Gasteiger partial charge in [-0.1, -0.05) is 24.6 Å². The Labute approximate surface area is 173 Å². The molecular weight excluding hydrogens is 430 g/mol. The Kier molecular flexibility index (Phi) is 6.63.